The van der Waals surface area contributed by atoms with Crippen molar-refractivity contribution in [1.82, 2.24) is 10.0 Å². The maximum absolute atomic E-state index is 12.3. The van der Waals surface area contributed by atoms with Crippen molar-refractivity contribution >= 4 is 27.3 Å². The van der Waals surface area contributed by atoms with Gasteiger partial charge in [-0.05, 0) is 37.1 Å². The minimum Gasteiger partial charge on any atom is -0.393 e. The first-order valence-corrected chi connectivity index (χ1v) is 10.1. The number of nitrogens with zero attached hydrogens (tertiary/aromatic N) is 1. The SMILES string of the molecule is CC(C)NS(=O)(=O)Cc1ccccc1CNC(=O)c1ccc(N)c([N+](=O)[O-])c1. The van der Waals surface area contributed by atoms with Crippen LogP contribution in [0.5, 0.6) is 0 Å². The molecule has 4 N–H and O–H groups in total. The molecule has 0 radical (unpaired) electrons. The summed E-state index contributed by atoms with van der Waals surface area (Å²) in [4.78, 5) is 22.6. The zero-order valence-electron chi connectivity index (χ0n) is 15.5. The van der Waals surface area contributed by atoms with Crippen LogP contribution >= 0.6 is 0 Å². The molecule has 0 aromatic heterocycles. The van der Waals surface area contributed by atoms with E-state index in [0.29, 0.717) is 11.1 Å². The molecule has 0 aliphatic rings. The van der Waals surface area contributed by atoms with Crippen molar-refractivity contribution in [1.29, 1.82) is 0 Å². The minimum absolute atomic E-state index is 0.0326. The standard InChI is InChI=1S/C18H22N4O5S/c1-12(2)21-28(26,27)11-15-6-4-3-5-14(15)10-20-18(23)13-7-8-16(19)17(9-13)22(24)25/h3-9,12,21H,10-11,19H2,1-2H3,(H,20,23). The molecule has 0 aliphatic carbocycles. The third-order valence-electron chi connectivity index (χ3n) is 3.81. The second-order valence-corrected chi connectivity index (χ2v) is 8.27. The zero-order chi connectivity index (χ0) is 20.9. The van der Waals surface area contributed by atoms with E-state index in [0.717, 1.165) is 6.07 Å². The van der Waals surface area contributed by atoms with Gasteiger partial charge < -0.3 is 11.1 Å². The first kappa shape index (κ1) is 21.3. The number of amides is 1. The summed E-state index contributed by atoms with van der Waals surface area (Å²) >= 11 is 0. The van der Waals surface area contributed by atoms with E-state index in [-0.39, 0.29) is 35.3 Å². The van der Waals surface area contributed by atoms with Crippen LogP contribution < -0.4 is 15.8 Å². The quantitative estimate of drug-likeness (QED) is 0.347. The van der Waals surface area contributed by atoms with Crippen LogP contribution in [0.15, 0.2) is 42.5 Å². The third-order valence-corrected chi connectivity index (χ3v) is 5.33. The number of nitrogens with one attached hydrogen (secondary N) is 2. The number of carbonyl (C=O) groups is 1. The molecule has 0 fully saturated rings. The molecule has 2 rings (SSSR count). The van der Waals surface area contributed by atoms with Gasteiger partial charge in [0.25, 0.3) is 11.6 Å². The van der Waals surface area contributed by atoms with Crippen molar-refractivity contribution in [3.05, 3.63) is 69.3 Å². The Morgan fingerprint density at radius 3 is 2.43 bits per heavy atom. The van der Waals surface area contributed by atoms with Crippen molar-refractivity contribution in [2.24, 2.45) is 0 Å². The lowest BCUT2D eigenvalue weighted by atomic mass is 10.1. The number of anilines is 1. The molecule has 2 aromatic rings. The van der Waals surface area contributed by atoms with Crippen LogP contribution in [-0.2, 0) is 22.3 Å². The second-order valence-electron chi connectivity index (χ2n) is 6.51. The van der Waals surface area contributed by atoms with Gasteiger partial charge in [0.2, 0.25) is 10.0 Å². The fourth-order valence-electron chi connectivity index (χ4n) is 2.60. The van der Waals surface area contributed by atoms with Crippen LogP contribution in [0.3, 0.4) is 0 Å². The summed E-state index contributed by atoms with van der Waals surface area (Å²) in [6.07, 6.45) is 0. The van der Waals surface area contributed by atoms with Crippen molar-refractivity contribution in [3.8, 4) is 0 Å². The third kappa shape index (κ3) is 5.76. The molecule has 28 heavy (non-hydrogen) atoms. The highest BCUT2D eigenvalue weighted by molar-refractivity contribution is 7.88. The van der Waals surface area contributed by atoms with Gasteiger partial charge in [-0.15, -0.1) is 0 Å². The number of carbonyl (C=O) groups excluding carboxylic acids is 1. The summed E-state index contributed by atoms with van der Waals surface area (Å²) < 4.78 is 26.9. The molecule has 9 nitrogen and oxygen atoms in total. The predicted octanol–water partition coefficient (Wildman–Crippen LogP) is 1.93. The van der Waals surface area contributed by atoms with E-state index in [1.807, 2.05) is 0 Å². The first-order valence-electron chi connectivity index (χ1n) is 8.48. The van der Waals surface area contributed by atoms with Gasteiger partial charge in [0.05, 0.1) is 10.7 Å². The van der Waals surface area contributed by atoms with E-state index >= 15 is 0 Å². The van der Waals surface area contributed by atoms with Crippen molar-refractivity contribution in [3.63, 3.8) is 0 Å². The number of nitrogen functional groups attached to an aromatic ring is 1. The van der Waals surface area contributed by atoms with Crippen LogP contribution in [0.4, 0.5) is 11.4 Å². The number of nitro benzene ring substituents is 1. The number of hydrogen-bond donors (Lipinski definition) is 3. The van der Waals surface area contributed by atoms with Crippen molar-refractivity contribution < 1.29 is 18.1 Å². The average Bonchev–Trinajstić information content (AvgIpc) is 2.59. The average molecular weight is 406 g/mol. The Hall–Kier alpha value is -2.98. The normalized spacial score (nSPS) is 11.4. The van der Waals surface area contributed by atoms with Crippen LogP contribution in [0, 0.1) is 10.1 Å². The summed E-state index contributed by atoms with van der Waals surface area (Å²) in [5.74, 6) is -0.744. The number of nitro groups is 1. The highest BCUT2D eigenvalue weighted by Crippen LogP contribution is 2.22. The molecular weight excluding hydrogens is 384 g/mol. The number of benzene rings is 2. The van der Waals surface area contributed by atoms with Gasteiger partial charge in [0.15, 0.2) is 0 Å². The number of hydrogen-bond acceptors (Lipinski definition) is 6. The van der Waals surface area contributed by atoms with Gasteiger partial charge in [-0.1, -0.05) is 24.3 Å². The fraction of sp³-hybridized carbons (Fsp3) is 0.278. The van der Waals surface area contributed by atoms with Gasteiger partial charge >= 0.3 is 0 Å². The summed E-state index contributed by atoms with van der Waals surface area (Å²) in [6, 6.07) is 10.4. The Kier molecular flexibility index (Phi) is 6.71. The van der Waals surface area contributed by atoms with Gasteiger partial charge in [-0.3, -0.25) is 14.9 Å². The number of sulfonamides is 1. The molecule has 1 amide bonds. The van der Waals surface area contributed by atoms with Gasteiger partial charge in [-0.25, -0.2) is 13.1 Å². The molecule has 0 bridgehead atoms. The molecule has 0 atom stereocenters. The first-order chi connectivity index (χ1) is 13.1. The molecular formula is C18H22N4O5S. The van der Waals surface area contributed by atoms with Gasteiger partial charge in [-0.2, -0.15) is 0 Å². The lowest BCUT2D eigenvalue weighted by molar-refractivity contribution is -0.383. The maximum Gasteiger partial charge on any atom is 0.292 e. The van der Waals surface area contributed by atoms with Gasteiger partial charge in [0.1, 0.15) is 5.69 Å². The molecule has 0 saturated carbocycles. The topological polar surface area (TPSA) is 144 Å². The molecule has 0 saturated heterocycles. The van der Waals surface area contributed by atoms with Crippen LogP contribution in [0.25, 0.3) is 0 Å². The highest BCUT2D eigenvalue weighted by atomic mass is 32.2. The van der Waals surface area contributed by atoms with Crippen molar-refractivity contribution in [2.45, 2.75) is 32.2 Å². The molecule has 150 valence electrons. The monoisotopic (exact) mass is 406 g/mol. The molecule has 10 heteroatoms. The Morgan fingerprint density at radius 2 is 1.82 bits per heavy atom. The second kappa shape index (κ2) is 8.81. The predicted molar refractivity (Wildman–Crippen MR) is 106 cm³/mol. The van der Waals surface area contributed by atoms with Gasteiger partial charge in [0, 0.05) is 24.2 Å². The van der Waals surface area contributed by atoms with E-state index in [4.69, 9.17) is 5.73 Å². The van der Waals surface area contributed by atoms with E-state index < -0.39 is 20.9 Å². The molecule has 2 aromatic carbocycles. The Balaban J connectivity index is 2.14. The molecule has 0 aliphatic heterocycles. The number of nitrogens with two attached hydrogens (primary N) is 1. The van der Waals surface area contributed by atoms with E-state index in [1.165, 1.54) is 12.1 Å². The fourth-order valence-corrected chi connectivity index (χ4v) is 4.09. The lowest BCUT2D eigenvalue weighted by Crippen LogP contribution is -2.32. The Bertz CT molecular complexity index is 989. The van der Waals surface area contributed by atoms with E-state index in [9.17, 15) is 23.3 Å². The largest absolute Gasteiger partial charge is 0.393 e. The Labute approximate surface area is 163 Å². The van der Waals surface area contributed by atoms with Crippen LogP contribution in [0.2, 0.25) is 0 Å². The van der Waals surface area contributed by atoms with E-state index in [2.05, 4.69) is 10.0 Å². The number of rotatable bonds is 8. The summed E-state index contributed by atoms with van der Waals surface area (Å²) in [6.45, 7) is 3.54. The van der Waals surface area contributed by atoms with Crippen molar-refractivity contribution in [2.75, 3.05) is 5.73 Å². The van der Waals surface area contributed by atoms with E-state index in [1.54, 1.807) is 38.1 Å². The smallest absolute Gasteiger partial charge is 0.292 e. The summed E-state index contributed by atoms with van der Waals surface area (Å²) in [7, 11) is -3.52. The Morgan fingerprint density at radius 1 is 1.18 bits per heavy atom. The summed E-state index contributed by atoms with van der Waals surface area (Å²) in [5, 5.41) is 13.6. The maximum atomic E-state index is 12.3. The zero-order valence-corrected chi connectivity index (χ0v) is 16.3. The molecule has 0 unspecified atom stereocenters. The summed E-state index contributed by atoms with van der Waals surface area (Å²) in [5.41, 5.74) is 6.43. The lowest BCUT2D eigenvalue weighted by Gasteiger charge is -2.13. The highest BCUT2D eigenvalue weighted by Gasteiger charge is 2.17. The van der Waals surface area contributed by atoms with Crippen LogP contribution in [0.1, 0.15) is 35.3 Å². The molecule has 0 spiro atoms. The van der Waals surface area contributed by atoms with Crippen LogP contribution in [-0.4, -0.2) is 25.3 Å². The minimum atomic E-state index is -3.52. The molecule has 0 heterocycles.